The topological polar surface area (TPSA) is 47.0 Å². The quantitative estimate of drug-likeness (QED) is 0.927. The Morgan fingerprint density at radius 2 is 2.05 bits per heavy atom. The van der Waals surface area contributed by atoms with Gasteiger partial charge in [-0.2, -0.15) is 0 Å². The molecule has 6 heteroatoms. The summed E-state index contributed by atoms with van der Waals surface area (Å²) in [5, 5.41) is 3.87. The van der Waals surface area contributed by atoms with E-state index in [0.29, 0.717) is 10.9 Å². The average Bonchev–Trinajstić information content (AvgIpc) is 2.44. The Labute approximate surface area is 125 Å². The van der Waals surface area contributed by atoms with E-state index in [4.69, 9.17) is 16.3 Å². The van der Waals surface area contributed by atoms with Crippen LogP contribution in [-0.4, -0.2) is 24.1 Å². The molecule has 1 heterocycles. The smallest absolute Gasteiger partial charge is 0.237 e. The molecule has 0 spiro atoms. The number of aromatic nitrogens is 2. The van der Waals surface area contributed by atoms with E-state index in [1.807, 2.05) is 25.2 Å². The number of ether oxygens (including phenoxy) is 1. The molecule has 0 amide bonds. The van der Waals surface area contributed by atoms with Crippen molar-refractivity contribution in [1.29, 1.82) is 0 Å². The maximum Gasteiger partial charge on any atom is 0.237 e. The first kappa shape index (κ1) is 14.2. The summed E-state index contributed by atoms with van der Waals surface area (Å²) < 4.78 is 6.21. The van der Waals surface area contributed by atoms with Crippen LogP contribution in [0.5, 0.6) is 5.88 Å². The summed E-state index contributed by atoms with van der Waals surface area (Å²) in [4.78, 5) is 8.52. The predicted octanol–water partition coefficient (Wildman–Crippen LogP) is 3.21. The van der Waals surface area contributed by atoms with Crippen LogP contribution in [0.3, 0.4) is 0 Å². The number of hydrogen-bond donors (Lipinski definition) is 1. The third kappa shape index (κ3) is 3.05. The third-order valence-corrected chi connectivity index (χ3v) is 3.67. The number of benzene rings is 1. The van der Waals surface area contributed by atoms with E-state index >= 15 is 0 Å². The minimum absolute atomic E-state index is 0.156. The third-order valence-electron chi connectivity index (χ3n) is 2.72. The number of nitrogens with one attached hydrogen (secondary N) is 1. The highest BCUT2D eigenvalue weighted by atomic mass is 79.9. The van der Waals surface area contributed by atoms with E-state index in [1.54, 1.807) is 19.5 Å². The fourth-order valence-electron chi connectivity index (χ4n) is 1.87. The van der Waals surface area contributed by atoms with Crippen LogP contribution in [0, 0.1) is 0 Å². The highest BCUT2D eigenvalue weighted by Gasteiger charge is 2.21. The van der Waals surface area contributed by atoms with Gasteiger partial charge in [0.2, 0.25) is 5.88 Å². The Kier molecular flexibility index (Phi) is 4.74. The van der Waals surface area contributed by atoms with Gasteiger partial charge in [-0.3, -0.25) is 4.98 Å². The fraction of sp³-hybridized carbons (Fsp3) is 0.231. The lowest BCUT2D eigenvalue weighted by atomic mass is 10.0. The number of halogens is 2. The molecule has 0 aliphatic rings. The van der Waals surface area contributed by atoms with E-state index in [1.165, 1.54) is 0 Å². The van der Waals surface area contributed by atoms with Gasteiger partial charge in [-0.25, -0.2) is 4.98 Å². The van der Waals surface area contributed by atoms with Gasteiger partial charge in [-0.05, 0) is 30.8 Å². The van der Waals surface area contributed by atoms with Crippen molar-refractivity contribution in [1.82, 2.24) is 15.3 Å². The largest absolute Gasteiger partial charge is 0.480 e. The summed E-state index contributed by atoms with van der Waals surface area (Å²) in [5.41, 5.74) is 1.70. The SMILES string of the molecule is CNC(c1cc(Cl)ccc1Br)c1nccnc1OC. The lowest BCUT2D eigenvalue weighted by Crippen LogP contribution is -2.20. The summed E-state index contributed by atoms with van der Waals surface area (Å²) in [5.74, 6) is 0.494. The summed E-state index contributed by atoms with van der Waals surface area (Å²) in [6.07, 6.45) is 3.24. The zero-order chi connectivity index (χ0) is 13.8. The predicted molar refractivity (Wildman–Crippen MR) is 78.6 cm³/mol. The van der Waals surface area contributed by atoms with E-state index < -0.39 is 0 Å². The van der Waals surface area contributed by atoms with Crippen LogP contribution in [-0.2, 0) is 0 Å². The standard InChI is InChI=1S/C13H13BrClN3O/c1-16-11(9-7-8(15)3-4-10(9)14)12-13(19-2)18-6-5-17-12/h3-7,11,16H,1-2H3. The first-order chi connectivity index (χ1) is 9.17. The van der Waals surface area contributed by atoms with Crippen molar-refractivity contribution in [3.8, 4) is 5.88 Å². The van der Waals surface area contributed by atoms with Gasteiger partial charge in [-0.15, -0.1) is 0 Å². The van der Waals surface area contributed by atoms with Crippen molar-refractivity contribution >= 4 is 27.5 Å². The van der Waals surface area contributed by atoms with E-state index in [2.05, 4.69) is 31.2 Å². The molecule has 0 aliphatic carbocycles. The first-order valence-electron chi connectivity index (χ1n) is 5.64. The van der Waals surface area contributed by atoms with Gasteiger partial charge in [0.1, 0.15) is 5.69 Å². The van der Waals surface area contributed by atoms with Crippen LogP contribution in [0.15, 0.2) is 35.1 Å². The molecule has 0 bridgehead atoms. The molecule has 1 unspecified atom stereocenters. The van der Waals surface area contributed by atoms with Gasteiger partial charge in [0.25, 0.3) is 0 Å². The first-order valence-corrected chi connectivity index (χ1v) is 6.81. The normalized spacial score (nSPS) is 12.2. The summed E-state index contributed by atoms with van der Waals surface area (Å²) >= 11 is 9.59. The molecular weight excluding hydrogens is 330 g/mol. The minimum Gasteiger partial charge on any atom is -0.480 e. The average molecular weight is 343 g/mol. The molecule has 0 saturated carbocycles. The van der Waals surface area contributed by atoms with Crippen LogP contribution in [0.1, 0.15) is 17.3 Å². The summed E-state index contributed by atoms with van der Waals surface area (Å²) in [7, 11) is 3.43. The molecule has 2 aromatic rings. The molecule has 1 atom stereocenters. The van der Waals surface area contributed by atoms with Crippen molar-refractivity contribution in [2.75, 3.05) is 14.2 Å². The highest BCUT2D eigenvalue weighted by molar-refractivity contribution is 9.10. The molecule has 1 aromatic heterocycles. The molecule has 19 heavy (non-hydrogen) atoms. The second-order valence-corrected chi connectivity index (χ2v) is 5.13. The van der Waals surface area contributed by atoms with Gasteiger partial charge >= 0.3 is 0 Å². The molecule has 0 saturated heterocycles. The van der Waals surface area contributed by atoms with Crippen molar-refractivity contribution in [3.63, 3.8) is 0 Å². The van der Waals surface area contributed by atoms with Crippen molar-refractivity contribution < 1.29 is 4.74 Å². The molecule has 2 rings (SSSR count). The van der Waals surface area contributed by atoms with E-state index in [-0.39, 0.29) is 6.04 Å². The zero-order valence-electron chi connectivity index (χ0n) is 10.5. The van der Waals surface area contributed by atoms with Crippen LogP contribution in [0.4, 0.5) is 0 Å². The molecule has 0 aliphatic heterocycles. The zero-order valence-corrected chi connectivity index (χ0v) is 12.9. The monoisotopic (exact) mass is 341 g/mol. The van der Waals surface area contributed by atoms with Crippen LogP contribution >= 0.6 is 27.5 Å². The Hall–Kier alpha value is -1.17. The van der Waals surface area contributed by atoms with Gasteiger partial charge in [0, 0.05) is 21.9 Å². The summed E-state index contributed by atoms with van der Waals surface area (Å²) in [6, 6.07) is 5.47. The number of rotatable bonds is 4. The van der Waals surface area contributed by atoms with Crippen molar-refractivity contribution in [2.24, 2.45) is 0 Å². The maximum atomic E-state index is 6.06. The van der Waals surface area contributed by atoms with E-state index in [0.717, 1.165) is 15.7 Å². The highest BCUT2D eigenvalue weighted by Crippen LogP contribution is 2.32. The second-order valence-electron chi connectivity index (χ2n) is 3.84. The number of hydrogen-bond acceptors (Lipinski definition) is 4. The van der Waals surface area contributed by atoms with Gasteiger partial charge < -0.3 is 10.1 Å². The molecule has 0 radical (unpaired) electrons. The van der Waals surface area contributed by atoms with Gasteiger partial charge in [0.05, 0.1) is 13.2 Å². The van der Waals surface area contributed by atoms with Gasteiger partial charge in [-0.1, -0.05) is 27.5 Å². The Morgan fingerprint density at radius 1 is 1.32 bits per heavy atom. The van der Waals surface area contributed by atoms with E-state index in [9.17, 15) is 0 Å². The Bertz CT molecular complexity index is 580. The molecular formula is C13H13BrClN3O. The molecule has 1 N–H and O–H groups in total. The molecule has 4 nitrogen and oxygen atoms in total. The molecule has 1 aromatic carbocycles. The Balaban J connectivity index is 2.53. The molecule has 100 valence electrons. The lowest BCUT2D eigenvalue weighted by molar-refractivity contribution is 0.384. The molecule has 0 fully saturated rings. The van der Waals surface area contributed by atoms with Crippen LogP contribution in [0.2, 0.25) is 5.02 Å². The van der Waals surface area contributed by atoms with Crippen LogP contribution < -0.4 is 10.1 Å². The van der Waals surface area contributed by atoms with Crippen LogP contribution in [0.25, 0.3) is 0 Å². The van der Waals surface area contributed by atoms with Gasteiger partial charge in [0.15, 0.2) is 0 Å². The summed E-state index contributed by atoms with van der Waals surface area (Å²) in [6.45, 7) is 0. The maximum absolute atomic E-state index is 6.06. The Morgan fingerprint density at radius 3 is 2.74 bits per heavy atom. The number of methoxy groups -OCH3 is 1. The fourth-order valence-corrected chi connectivity index (χ4v) is 2.52. The minimum atomic E-state index is -0.156. The van der Waals surface area contributed by atoms with Crippen molar-refractivity contribution in [2.45, 2.75) is 6.04 Å². The lowest BCUT2D eigenvalue weighted by Gasteiger charge is -2.19. The number of nitrogens with zero attached hydrogens (tertiary/aromatic N) is 2. The second kappa shape index (κ2) is 6.32. The van der Waals surface area contributed by atoms with Crippen molar-refractivity contribution in [3.05, 3.63) is 51.3 Å².